The van der Waals surface area contributed by atoms with Crippen LogP contribution in [0.1, 0.15) is 23.6 Å². The first kappa shape index (κ1) is 22.6. The van der Waals surface area contributed by atoms with E-state index in [4.69, 9.17) is 23.2 Å². The Bertz CT molecular complexity index is 828. The Hall–Kier alpha value is -1.69. The van der Waals surface area contributed by atoms with E-state index in [1.807, 2.05) is 37.3 Å². The van der Waals surface area contributed by atoms with Crippen molar-refractivity contribution in [2.45, 2.75) is 32.2 Å². The lowest BCUT2D eigenvalue weighted by Crippen LogP contribution is -2.47. The lowest BCUT2D eigenvalue weighted by atomic mass is 10.1. The molecule has 0 aliphatic heterocycles. The highest BCUT2D eigenvalue weighted by molar-refractivity contribution is 7.99. The SMILES string of the molecule is CNC(=O)[C@H](C)N(Cc1ccc(C)cc1)C(=O)CSCc1ccc(Cl)c(Cl)c1. The second-order valence-electron chi connectivity index (χ2n) is 6.54. The van der Waals surface area contributed by atoms with Gasteiger partial charge in [0.25, 0.3) is 0 Å². The normalized spacial score (nSPS) is 11.8. The molecule has 1 atom stereocenters. The van der Waals surface area contributed by atoms with Gasteiger partial charge in [0.2, 0.25) is 11.8 Å². The molecule has 150 valence electrons. The zero-order valence-electron chi connectivity index (χ0n) is 16.2. The first-order chi connectivity index (χ1) is 13.3. The third kappa shape index (κ3) is 6.43. The smallest absolute Gasteiger partial charge is 0.242 e. The number of aryl methyl sites for hydroxylation is 1. The van der Waals surface area contributed by atoms with Crippen LogP contribution in [0.4, 0.5) is 0 Å². The van der Waals surface area contributed by atoms with Crippen LogP contribution in [0.3, 0.4) is 0 Å². The van der Waals surface area contributed by atoms with Gasteiger partial charge < -0.3 is 10.2 Å². The van der Waals surface area contributed by atoms with Crippen molar-refractivity contribution in [2.24, 2.45) is 0 Å². The fourth-order valence-corrected chi connectivity index (χ4v) is 3.83. The molecule has 0 unspecified atom stereocenters. The largest absolute Gasteiger partial charge is 0.357 e. The Kier molecular flexibility index (Phi) is 8.67. The van der Waals surface area contributed by atoms with Crippen molar-refractivity contribution in [2.75, 3.05) is 12.8 Å². The number of carbonyl (C=O) groups is 2. The minimum atomic E-state index is -0.552. The van der Waals surface area contributed by atoms with Crippen LogP contribution in [0, 0.1) is 6.92 Å². The third-order valence-electron chi connectivity index (χ3n) is 4.37. The maximum atomic E-state index is 12.9. The highest BCUT2D eigenvalue weighted by atomic mass is 35.5. The standard InChI is InChI=1S/C21H24Cl2N2O2S/c1-14-4-6-16(7-5-14)11-25(15(2)21(27)24-3)20(26)13-28-12-17-8-9-18(22)19(23)10-17/h4-10,15H,11-13H2,1-3H3,(H,24,27)/t15-/m0/s1. The molecule has 0 aliphatic rings. The zero-order chi connectivity index (χ0) is 20.7. The van der Waals surface area contributed by atoms with Gasteiger partial charge in [-0.05, 0) is 37.1 Å². The molecule has 0 fully saturated rings. The number of likely N-dealkylation sites (N-methyl/N-ethyl adjacent to an activating group) is 1. The summed E-state index contributed by atoms with van der Waals surface area (Å²) in [6.45, 7) is 4.15. The van der Waals surface area contributed by atoms with E-state index in [0.29, 0.717) is 22.3 Å². The number of benzene rings is 2. The third-order valence-corrected chi connectivity index (χ3v) is 6.09. The number of rotatable bonds is 8. The minimum absolute atomic E-state index is 0.0817. The van der Waals surface area contributed by atoms with Crippen LogP contribution in [0.25, 0.3) is 0 Å². The number of nitrogens with zero attached hydrogens (tertiary/aromatic N) is 1. The summed E-state index contributed by atoms with van der Waals surface area (Å²) < 4.78 is 0. The molecule has 1 N–H and O–H groups in total. The Morgan fingerprint density at radius 2 is 1.71 bits per heavy atom. The summed E-state index contributed by atoms with van der Waals surface area (Å²) in [7, 11) is 1.58. The summed E-state index contributed by atoms with van der Waals surface area (Å²) in [5, 5.41) is 3.63. The molecular formula is C21H24Cl2N2O2S. The maximum absolute atomic E-state index is 12.9. The number of nitrogens with one attached hydrogen (secondary N) is 1. The van der Waals surface area contributed by atoms with E-state index in [9.17, 15) is 9.59 Å². The molecule has 28 heavy (non-hydrogen) atoms. The van der Waals surface area contributed by atoms with Crippen molar-refractivity contribution in [3.8, 4) is 0 Å². The van der Waals surface area contributed by atoms with Crippen LogP contribution in [0.5, 0.6) is 0 Å². The molecule has 0 saturated heterocycles. The second kappa shape index (κ2) is 10.7. The van der Waals surface area contributed by atoms with E-state index in [-0.39, 0.29) is 17.6 Å². The predicted molar refractivity (Wildman–Crippen MR) is 118 cm³/mol. The molecule has 0 radical (unpaired) electrons. The first-order valence-corrected chi connectivity index (χ1v) is 10.8. The van der Waals surface area contributed by atoms with Crippen LogP contribution in [-0.2, 0) is 21.9 Å². The van der Waals surface area contributed by atoms with E-state index in [1.165, 1.54) is 11.8 Å². The summed E-state index contributed by atoms with van der Waals surface area (Å²) >= 11 is 13.5. The van der Waals surface area contributed by atoms with Gasteiger partial charge in [0.1, 0.15) is 6.04 Å². The van der Waals surface area contributed by atoms with Gasteiger partial charge in [-0.25, -0.2) is 0 Å². The van der Waals surface area contributed by atoms with Gasteiger partial charge >= 0.3 is 0 Å². The summed E-state index contributed by atoms with van der Waals surface area (Å²) in [6, 6.07) is 12.9. The Labute approximate surface area is 180 Å². The summed E-state index contributed by atoms with van der Waals surface area (Å²) in [6.07, 6.45) is 0. The van der Waals surface area contributed by atoms with Crippen LogP contribution in [-0.4, -0.2) is 35.6 Å². The highest BCUT2D eigenvalue weighted by Crippen LogP contribution is 2.25. The van der Waals surface area contributed by atoms with Crippen molar-refractivity contribution < 1.29 is 9.59 Å². The number of hydrogen-bond acceptors (Lipinski definition) is 3. The quantitative estimate of drug-likeness (QED) is 0.649. The molecule has 7 heteroatoms. The van der Waals surface area contributed by atoms with Crippen molar-refractivity contribution in [3.63, 3.8) is 0 Å². The Balaban J connectivity index is 2.03. The number of thioether (sulfide) groups is 1. The first-order valence-electron chi connectivity index (χ1n) is 8.90. The number of carbonyl (C=O) groups excluding carboxylic acids is 2. The maximum Gasteiger partial charge on any atom is 0.242 e. The highest BCUT2D eigenvalue weighted by Gasteiger charge is 2.25. The van der Waals surface area contributed by atoms with Gasteiger partial charge in [0.05, 0.1) is 15.8 Å². The fourth-order valence-electron chi connectivity index (χ4n) is 2.65. The fraction of sp³-hybridized carbons (Fsp3) is 0.333. The molecule has 0 spiro atoms. The van der Waals surface area contributed by atoms with Crippen molar-refractivity contribution in [3.05, 3.63) is 69.2 Å². The van der Waals surface area contributed by atoms with Crippen LogP contribution in [0.15, 0.2) is 42.5 Å². The lowest BCUT2D eigenvalue weighted by molar-refractivity contribution is -0.138. The van der Waals surface area contributed by atoms with Gasteiger partial charge in [-0.3, -0.25) is 9.59 Å². The molecular weight excluding hydrogens is 415 g/mol. The zero-order valence-corrected chi connectivity index (χ0v) is 18.5. The van der Waals surface area contributed by atoms with Crippen LogP contribution >= 0.6 is 35.0 Å². The Morgan fingerprint density at radius 3 is 2.32 bits per heavy atom. The number of amides is 2. The average Bonchev–Trinajstić information content (AvgIpc) is 2.69. The minimum Gasteiger partial charge on any atom is -0.357 e. The number of hydrogen-bond donors (Lipinski definition) is 1. The lowest BCUT2D eigenvalue weighted by Gasteiger charge is -2.28. The van der Waals surface area contributed by atoms with Crippen LogP contribution in [0.2, 0.25) is 10.0 Å². The van der Waals surface area contributed by atoms with E-state index in [2.05, 4.69) is 5.32 Å². The van der Waals surface area contributed by atoms with Crippen LogP contribution < -0.4 is 5.32 Å². The molecule has 2 aromatic rings. The molecule has 0 aliphatic carbocycles. The second-order valence-corrected chi connectivity index (χ2v) is 8.34. The Morgan fingerprint density at radius 1 is 1.07 bits per heavy atom. The monoisotopic (exact) mass is 438 g/mol. The molecule has 0 saturated carbocycles. The van der Waals surface area contributed by atoms with E-state index >= 15 is 0 Å². The van der Waals surface area contributed by atoms with Gasteiger partial charge in [-0.1, -0.05) is 59.1 Å². The topological polar surface area (TPSA) is 49.4 Å². The molecule has 4 nitrogen and oxygen atoms in total. The van der Waals surface area contributed by atoms with Gasteiger partial charge in [0, 0.05) is 19.3 Å². The van der Waals surface area contributed by atoms with Crippen molar-refractivity contribution in [1.29, 1.82) is 0 Å². The van der Waals surface area contributed by atoms with Gasteiger partial charge in [-0.2, -0.15) is 0 Å². The van der Waals surface area contributed by atoms with Gasteiger partial charge in [0.15, 0.2) is 0 Å². The van der Waals surface area contributed by atoms with Gasteiger partial charge in [-0.15, -0.1) is 11.8 Å². The molecule has 0 aromatic heterocycles. The summed E-state index contributed by atoms with van der Waals surface area (Å²) in [4.78, 5) is 26.6. The molecule has 2 rings (SSSR count). The average molecular weight is 439 g/mol. The molecule has 2 aromatic carbocycles. The molecule has 2 amide bonds. The van der Waals surface area contributed by atoms with Crippen molar-refractivity contribution >= 4 is 46.8 Å². The molecule has 0 bridgehead atoms. The predicted octanol–water partition coefficient (Wildman–Crippen LogP) is 4.70. The number of halogens is 2. The van der Waals surface area contributed by atoms with E-state index < -0.39 is 6.04 Å². The summed E-state index contributed by atoms with van der Waals surface area (Å²) in [5.41, 5.74) is 3.14. The summed E-state index contributed by atoms with van der Waals surface area (Å²) in [5.74, 6) is 0.639. The van der Waals surface area contributed by atoms with E-state index in [1.54, 1.807) is 31.0 Å². The van der Waals surface area contributed by atoms with Crippen molar-refractivity contribution in [1.82, 2.24) is 10.2 Å². The molecule has 0 heterocycles. The van der Waals surface area contributed by atoms with E-state index in [0.717, 1.165) is 16.7 Å².